The molecular weight excluding hydrogens is 283 g/mol. The number of aryl methyl sites for hydroxylation is 1. The Morgan fingerprint density at radius 2 is 1.74 bits per heavy atom. The molecule has 4 heteroatoms. The van der Waals surface area contributed by atoms with Crippen molar-refractivity contribution in [2.75, 3.05) is 0 Å². The maximum absolute atomic E-state index is 9.49. The molecule has 0 aliphatic rings. The molecule has 2 aromatic rings. The molecule has 0 radical (unpaired) electrons. The molecule has 1 atom stereocenters. The molecule has 0 amide bonds. The first-order chi connectivity index (χ1) is 8.97. The average molecular weight is 297 g/mol. The van der Waals surface area contributed by atoms with Gasteiger partial charge in [-0.15, -0.1) is 0 Å². The zero-order chi connectivity index (χ0) is 14.0. The number of hydrogen-bond donors (Lipinski definition) is 1. The molecule has 0 saturated heterocycles. The Kier molecular flexibility index (Phi) is 4.35. The first kappa shape index (κ1) is 14.2. The van der Waals surface area contributed by atoms with E-state index < -0.39 is 6.10 Å². The van der Waals surface area contributed by atoms with Crippen LogP contribution in [0.4, 0.5) is 0 Å². The molecule has 0 aliphatic carbocycles. The number of hydrogen-bond acceptors (Lipinski definition) is 2. The average Bonchev–Trinajstić information content (AvgIpc) is 2.34. The van der Waals surface area contributed by atoms with Gasteiger partial charge in [-0.05, 0) is 55.3 Å². The second-order valence-electron chi connectivity index (χ2n) is 4.38. The highest BCUT2D eigenvalue weighted by Gasteiger charge is 2.09. The number of rotatable bonds is 3. The number of benzene rings is 2. The first-order valence-corrected chi connectivity index (χ1v) is 6.64. The summed E-state index contributed by atoms with van der Waals surface area (Å²) in [5, 5.41) is 10.6. The zero-order valence-electron chi connectivity index (χ0n) is 10.7. The third-order valence-corrected chi connectivity index (χ3v) is 3.33. The summed E-state index contributed by atoms with van der Waals surface area (Å²) in [5.74, 6) is 1.26. The van der Waals surface area contributed by atoms with Crippen LogP contribution < -0.4 is 4.74 Å². The summed E-state index contributed by atoms with van der Waals surface area (Å²) in [5.41, 5.74) is 1.69. The van der Waals surface area contributed by atoms with Crippen LogP contribution in [0.25, 0.3) is 0 Å². The fourth-order valence-corrected chi connectivity index (χ4v) is 2.16. The van der Waals surface area contributed by atoms with Crippen LogP contribution in [-0.2, 0) is 0 Å². The van der Waals surface area contributed by atoms with Crippen molar-refractivity contribution in [2.45, 2.75) is 20.0 Å². The van der Waals surface area contributed by atoms with Gasteiger partial charge >= 0.3 is 0 Å². The van der Waals surface area contributed by atoms with Gasteiger partial charge in [-0.2, -0.15) is 0 Å². The Labute approximate surface area is 122 Å². The van der Waals surface area contributed by atoms with E-state index >= 15 is 0 Å². The Bertz CT molecular complexity index is 595. The highest BCUT2D eigenvalue weighted by atomic mass is 35.5. The number of aliphatic hydroxyl groups is 1. The van der Waals surface area contributed by atoms with E-state index in [1.165, 1.54) is 0 Å². The largest absolute Gasteiger partial charge is 0.456 e. The minimum absolute atomic E-state index is 0.466. The first-order valence-electron chi connectivity index (χ1n) is 5.89. The monoisotopic (exact) mass is 296 g/mol. The molecule has 0 bridgehead atoms. The Morgan fingerprint density at radius 1 is 1.05 bits per heavy atom. The highest BCUT2D eigenvalue weighted by Crippen LogP contribution is 2.33. The van der Waals surface area contributed by atoms with Crippen molar-refractivity contribution in [2.24, 2.45) is 0 Å². The fraction of sp³-hybridized carbons (Fsp3) is 0.200. The third kappa shape index (κ3) is 3.41. The minimum Gasteiger partial charge on any atom is -0.456 e. The van der Waals surface area contributed by atoms with E-state index in [1.807, 2.05) is 13.0 Å². The van der Waals surface area contributed by atoms with Crippen LogP contribution in [0.3, 0.4) is 0 Å². The molecule has 0 fully saturated rings. The lowest BCUT2D eigenvalue weighted by Gasteiger charge is -2.12. The number of halogens is 2. The van der Waals surface area contributed by atoms with E-state index in [0.29, 0.717) is 21.5 Å². The summed E-state index contributed by atoms with van der Waals surface area (Å²) in [6.07, 6.45) is -0.552. The van der Waals surface area contributed by atoms with E-state index in [2.05, 4.69) is 0 Å². The smallest absolute Gasteiger partial charge is 0.146 e. The topological polar surface area (TPSA) is 29.5 Å². The second kappa shape index (κ2) is 5.83. The molecular formula is C15H14Cl2O2. The van der Waals surface area contributed by atoms with E-state index in [9.17, 15) is 5.11 Å². The van der Waals surface area contributed by atoms with Gasteiger partial charge in [0.25, 0.3) is 0 Å². The summed E-state index contributed by atoms with van der Waals surface area (Å²) < 4.78 is 5.76. The molecule has 2 nitrogen and oxygen atoms in total. The van der Waals surface area contributed by atoms with Crippen molar-refractivity contribution in [1.82, 2.24) is 0 Å². The van der Waals surface area contributed by atoms with Crippen molar-refractivity contribution in [3.05, 3.63) is 57.6 Å². The Hall–Kier alpha value is -1.22. The number of ether oxygens (including phenoxy) is 1. The maximum atomic E-state index is 9.49. The van der Waals surface area contributed by atoms with Crippen LogP contribution in [0.5, 0.6) is 11.5 Å². The van der Waals surface area contributed by atoms with Crippen molar-refractivity contribution in [1.29, 1.82) is 0 Å². The van der Waals surface area contributed by atoms with Crippen LogP contribution in [0, 0.1) is 6.92 Å². The Morgan fingerprint density at radius 3 is 2.32 bits per heavy atom. The summed E-state index contributed by atoms with van der Waals surface area (Å²) in [7, 11) is 0. The lowest BCUT2D eigenvalue weighted by atomic mass is 10.1. The zero-order valence-corrected chi connectivity index (χ0v) is 12.2. The van der Waals surface area contributed by atoms with Crippen molar-refractivity contribution in [3.63, 3.8) is 0 Å². The van der Waals surface area contributed by atoms with Gasteiger partial charge < -0.3 is 9.84 Å². The van der Waals surface area contributed by atoms with Crippen LogP contribution >= 0.6 is 23.2 Å². The number of aliphatic hydroxyl groups excluding tert-OH is 1. The molecule has 1 N–H and O–H groups in total. The van der Waals surface area contributed by atoms with Gasteiger partial charge in [0.15, 0.2) is 0 Å². The van der Waals surface area contributed by atoms with Gasteiger partial charge in [0.2, 0.25) is 0 Å². The van der Waals surface area contributed by atoms with E-state index in [-0.39, 0.29) is 0 Å². The lowest BCUT2D eigenvalue weighted by molar-refractivity contribution is 0.199. The van der Waals surface area contributed by atoms with Gasteiger partial charge in [0.05, 0.1) is 11.1 Å². The molecule has 0 unspecified atom stereocenters. The van der Waals surface area contributed by atoms with Gasteiger partial charge in [-0.25, -0.2) is 0 Å². The standard InChI is InChI=1S/C15H14Cl2O2/c1-9-7-12(16)4-6-14(9)19-15-5-3-11(10(2)18)8-13(15)17/h3-8,10,18H,1-2H3/t10-/m0/s1. The molecule has 0 aromatic heterocycles. The predicted octanol–water partition coefficient (Wildman–Crippen LogP) is 5.15. The Balaban J connectivity index is 2.28. The molecule has 2 rings (SSSR count). The molecule has 0 aliphatic heterocycles. The van der Waals surface area contributed by atoms with Crippen molar-refractivity contribution >= 4 is 23.2 Å². The minimum atomic E-state index is -0.552. The van der Waals surface area contributed by atoms with Gasteiger partial charge in [0.1, 0.15) is 11.5 Å². The van der Waals surface area contributed by atoms with Crippen molar-refractivity contribution in [3.8, 4) is 11.5 Å². The predicted molar refractivity (Wildman–Crippen MR) is 78.3 cm³/mol. The van der Waals surface area contributed by atoms with E-state index in [1.54, 1.807) is 37.3 Å². The summed E-state index contributed by atoms with van der Waals surface area (Å²) >= 11 is 12.0. The highest BCUT2D eigenvalue weighted by molar-refractivity contribution is 6.32. The summed E-state index contributed by atoms with van der Waals surface area (Å²) in [4.78, 5) is 0. The SMILES string of the molecule is Cc1cc(Cl)ccc1Oc1ccc([C@H](C)O)cc1Cl. The maximum Gasteiger partial charge on any atom is 0.146 e. The summed E-state index contributed by atoms with van der Waals surface area (Å²) in [6.45, 7) is 3.61. The van der Waals surface area contributed by atoms with E-state index in [0.717, 1.165) is 11.1 Å². The summed E-state index contributed by atoms with van der Waals surface area (Å²) in [6, 6.07) is 10.6. The second-order valence-corrected chi connectivity index (χ2v) is 5.22. The molecule has 0 saturated carbocycles. The lowest BCUT2D eigenvalue weighted by Crippen LogP contribution is -1.93. The molecule has 100 valence electrons. The van der Waals surface area contributed by atoms with Crippen LogP contribution in [0.15, 0.2) is 36.4 Å². The quantitative estimate of drug-likeness (QED) is 0.849. The van der Waals surface area contributed by atoms with Gasteiger partial charge in [-0.3, -0.25) is 0 Å². The van der Waals surface area contributed by atoms with Crippen LogP contribution in [-0.4, -0.2) is 5.11 Å². The van der Waals surface area contributed by atoms with Gasteiger partial charge in [-0.1, -0.05) is 29.3 Å². The molecule has 2 aromatic carbocycles. The van der Waals surface area contributed by atoms with Crippen molar-refractivity contribution < 1.29 is 9.84 Å². The molecule has 19 heavy (non-hydrogen) atoms. The van der Waals surface area contributed by atoms with Crippen LogP contribution in [0.2, 0.25) is 10.0 Å². The fourth-order valence-electron chi connectivity index (χ4n) is 1.71. The normalized spacial score (nSPS) is 12.3. The van der Waals surface area contributed by atoms with Crippen LogP contribution in [0.1, 0.15) is 24.2 Å². The molecule has 0 spiro atoms. The van der Waals surface area contributed by atoms with E-state index in [4.69, 9.17) is 27.9 Å². The van der Waals surface area contributed by atoms with Gasteiger partial charge in [0, 0.05) is 5.02 Å². The molecule has 0 heterocycles. The third-order valence-electron chi connectivity index (χ3n) is 2.80.